The molecule has 2 aliphatic heterocycles. The predicted octanol–water partition coefficient (Wildman–Crippen LogP) is 6.49. The van der Waals surface area contributed by atoms with Gasteiger partial charge in [0.2, 0.25) is 11.8 Å². The maximum absolute atomic E-state index is 14.4. The van der Waals surface area contributed by atoms with Crippen LogP contribution in [0.25, 0.3) is 0 Å². The number of hydrogen-bond acceptors (Lipinski definition) is 10. The van der Waals surface area contributed by atoms with E-state index in [9.17, 15) is 24.0 Å². The molecule has 3 amide bonds. The van der Waals surface area contributed by atoms with E-state index in [1.54, 1.807) is 31.1 Å². The van der Waals surface area contributed by atoms with Gasteiger partial charge >= 0.3 is 6.09 Å². The molecule has 2 aliphatic rings. The lowest BCUT2D eigenvalue weighted by molar-refractivity contribution is -0.149. The standard InChI is InChI=1S/C48H81N5O8/c1-14-33(6)44(51(11)47(57)37(31(2)3)29-40(55)43(32(4)5)50(9)10)41(59-12)30-42(56)53-26-18-22-38(53)46(60-13)35(8)39(54)28-34(7)45(36-20-16-15-17-21-36)61-48(58)52-25-19-23-49-24-27-52/h15-17,20-21,31-35,37-38,41,43-46,49H,14,18-19,22-30H2,1-13H3/t33-,34-,35-,37-,38-,41?,43-,44-,45+,46+/m0/s1. The largest absolute Gasteiger partial charge is 0.441 e. The number of benzene rings is 1. The normalized spacial score (nSPS) is 20.6. The molecule has 1 aromatic carbocycles. The summed E-state index contributed by atoms with van der Waals surface area (Å²) in [5.74, 6) is -1.54. The first-order valence-corrected chi connectivity index (χ1v) is 22.9. The summed E-state index contributed by atoms with van der Waals surface area (Å²) >= 11 is 0. The molecule has 1 N–H and O–H groups in total. The number of ether oxygens (including phenoxy) is 3. The first-order valence-electron chi connectivity index (χ1n) is 22.9. The molecule has 0 aromatic heterocycles. The van der Waals surface area contributed by atoms with Crippen LogP contribution in [0.2, 0.25) is 0 Å². The van der Waals surface area contributed by atoms with E-state index in [0.29, 0.717) is 32.6 Å². The molecule has 13 heteroatoms. The Labute approximate surface area is 367 Å². The number of ketones is 2. The van der Waals surface area contributed by atoms with Crippen molar-refractivity contribution in [2.75, 3.05) is 68.1 Å². The van der Waals surface area contributed by atoms with Gasteiger partial charge in [0.1, 0.15) is 11.9 Å². The Hall–Kier alpha value is -3.39. The summed E-state index contributed by atoms with van der Waals surface area (Å²) in [4.78, 5) is 77.2. The number of nitrogens with zero attached hydrogens (tertiary/aromatic N) is 4. The number of nitrogens with one attached hydrogen (secondary N) is 1. The number of hydrogen-bond donors (Lipinski definition) is 1. The lowest BCUT2D eigenvalue weighted by Gasteiger charge is -2.41. The molecule has 61 heavy (non-hydrogen) atoms. The van der Waals surface area contributed by atoms with Crippen molar-refractivity contribution < 1.29 is 38.2 Å². The van der Waals surface area contributed by atoms with Gasteiger partial charge < -0.3 is 34.2 Å². The zero-order valence-electron chi connectivity index (χ0n) is 39.9. The third-order valence-electron chi connectivity index (χ3n) is 13.4. The van der Waals surface area contributed by atoms with Crippen LogP contribution in [-0.2, 0) is 33.4 Å². The van der Waals surface area contributed by atoms with Crippen LogP contribution in [0.3, 0.4) is 0 Å². The molecule has 346 valence electrons. The fourth-order valence-corrected chi connectivity index (χ4v) is 9.78. The van der Waals surface area contributed by atoms with Crippen molar-refractivity contribution in [2.24, 2.45) is 35.5 Å². The highest BCUT2D eigenvalue weighted by atomic mass is 16.6. The van der Waals surface area contributed by atoms with E-state index in [0.717, 1.165) is 31.4 Å². The Bertz CT molecular complexity index is 1520. The molecule has 2 saturated heterocycles. The van der Waals surface area contributed by atoms with E-state index >= 15 is 0 Å². The smallest absolute Gasteiger partial charge is 0.410 e. The molecule has 13 nitrogen and oxygen atoms in total. The Balaban J connectivity index is 1.78. The van der Waals surface area contributed by atoms with E-state index < -0.39 is 36.2 Å². The summed E-state index contributed by atoms with van der Waals surface area (Å²) in [5, 5.41) is 3.32. The van der Waals surface area contributed by atoms with Crippen molar-refractivity contribution in [3.8, 4) is 0 Å². The SMILES string of the molecule is CC[C@H](C)[C@@H](C(CC(=O)N1CCC[C@H]1[C@H](OC)[C@@H](C)C(=O)C[C@H](C)[C@@H](OC(=O)N1CCCNCC1)c1ccccc1)OC)N(C)C(=O)[C@@H](CC(=O)[C@H](C(C)C)N(C)C)C(C)C. The van der Waals surface area contributed by atoms with Gasteiger partial charge in [-0.2, -0.15) is 0 Å². The van der Waals surface area contributed by atoms with Gasteiger partial charge in [-0.05, 0) is 63.2 Å². The quantitative estimate of drug-likeness (QED) is 0.130. The Morgan fingerprint density at radius 1 is 0.787 bits per heavy atom. The number of rotatable bonds is 23. The molecule has 10 atom stereocenters. The van der Waals surface area contributed by atoms with E-state index in [-0.39, 0.29) is 84.5 Å². The van der Waals surface area contributed by atoms with Gasteiger partial charge in [0, 0.05) is 78.0 Å². The summed E-state index contributed by atoms with van der Waals surface area (Å²) in [6.07, 6.45) is 1.26. The van der Waals surface area contributed by atoms with Gasteiger partial charge in [-0.3, -0.25) is 24.1 Å². The molecular weight excluding hydrogens is 775 g/mol. The molecule has 0 radical (unpaired) electrons. The second-order valence-corrected chi connectivity index (χ2v) is 18.7. The van der Waals surface area contributed by atoms with Crippen LogP contribution in [0.1, 0.15) is 112 Å². The van der Waals surface area contributed by atoms with Gasteiger partial charge in [0.25, 0.3) is 0 Å². The Morgan fingerprint density at radius 3 is 2.03 bits per heavy atom. The second-order valence-electron chi connectivity index (χ2n) is 18.7. The van der Waals surface area contributed by atoms with Gasteiger partial charge in [-0.1, -0.05) is 92.1 Å². The number of amides is 3. The summed E-state index contributed by atoms with van der Waals surface area (Å²) < 4.78 is 18.4. The molecule has 3 rings (SSSR count). The highest BCUT2D eigenvalue weighted by Crippen LogP contribution is 2.34. The van der Waals surface area contributed by atoms with Crippen LogP contribution in [0.5, 0.6) is 0 Å². The molecule has 2 fully saturated rings. The van der Waals surface area contributed by atoms with Crippen molar-refractivity contribution in [3.63, 3.8) is 0 Å². The van der Waals surface area contributed by atoms with Crippen molar-refractivity contribution in [3.05, 3.63) is 35.9 Å². The summed E-state index contributed by atoms with van der Waals surface area (Å²) in [6, 6.07) is 8.55. The van der Waals surface area contributed by atoms with E-state index in [1.165, 1.54) is 0 Å². The van der Waals surface area contributed by atoms with Gasteiger partial charge in [-0.25, -0.2) is 4.79 Å². The third-order valence-corrected chi connectivity index (χ3v) is 13.4. The Kier molecular flexibility index (Phi) is 21.3. The maximum atomic E-state index is 14.4. The van der Waals surface area contributed by atoms with Crippen LogP contribution in [0, 0.1) is 35.5 Å². The maximum Gasteiger partial charge on any atom is 0.410 e. The number of Topliss-reactive ketones (excluding diaryl/α,β-unsaturated/α-hetero) is 2. The minimum absolute atomic E-state index is 0.00137. The number of carbonyl (C=O) groups is 5. The number of methoxy groups -OCH3 is 2. The number of likely N-dealkylation sites (tertiary alicyclic amines) is 1. The summed E-state index contributed by atoms with van der Waals surface area (Å²) in [5.41, 5.74) is 0.834. The molecular formula is C48H81N5O8. The zero-order valence-corrected chi connectivity index (χ0v) is 39.9. The number of carbonyl (C=O) groups excluding carboxylic acids is 5. The Morgan fingerprint density at radius 2 is 1.46 bits per heavy atom. The van der Waals surface area contributed by atoms with Crippen molar-refractivity contribution >= 4 is 29.5 Å². The fourth-order valence-electron chi connectivity index (χ4n) is 9.78. The van der Waals surface area contributed by atoms with Crippen molar-refractivity contribution in [1.29, 1.82) is 0 Å². The highest BCUT2D eigenvalue weighted by Gasteiger charge is 2.43. The molecule has 0 spiro atoms. The topological polar surface area (TPSA) is 138 Å². The average Bonchev–Trinajstić information content (AvgIpc) is 3.54. The average molecular weight is 856 g/mol. The zero-order chi connectivity index (χ0) is 45.6. The molecule has 1 aromatic rings. The molecule has 2 heterocycles. The van der Waals surface area contributed by atoms with Crippen molar-refractivity contribution in [2.45, 2.75) is 137 Å². The number of likely N-dealkylation sites (N-methyl/N-ethyl adjacent to an activating group) is 2. The van der Waals surface area contributed by atoms with Crippen molar-refractivity contribution in [1.82, 2.24) is 24.9 Å². The van der Waals surface area contributed by atoms with E-state index in [1.807, 2.05) is 95.8 Å². The fraction of sp³-hybridized carbons (Fsp3) is 0.771. The minimum Gasteiger partial charge on any atom is -0.441 e. The molecule has 0 bridgehead atoms. The van der Waals surface area contributed by atoms with E-state index in [4.69, 9.17) is 14.2 Å². The van der Waals surface area contributed by atoms with Crippen LogP contribution >= 0.6 is 0 Å². The third kappa shape index (κ3) is 14.1. The lowest BCUT2D eigenvalue weighted by Crippen LogP contribution is -2.54. The first kappa shape index (κ1) is 52.0. The molecule has 0 aliphatic carbocycles. The minimum atomic E-state index is -0.618. The van der Waals surface area contributed by atoms with Crippen LogP contribution in [-0.4, -0.2) is 147 Å². The van der Waals surface area contributed by atoms with Gasteiger partial charge in [0.15, 0.2) is 5.78 Å². The second kappa shape index (κ2) is 25.0. The van der Waals surface area contributed by atoms with E-state index in [2.05, 4.69) is 19.2 Å². The van der Waals surface area contributed by atoms with Crippen LogP contribution < -0.4 is 5.32 Å². The molecule has 1 unspecified atom stereocenters. The monoisotopic (exact) mass is 856 g/mol. The van der Waals surface area contributed by atoms with Crippen LogP contribution in [0.15, 0.2) is 30.3 Å². The summed E-state index contributed by atoms with van der Waals surface area (Å²) in [6.45, 7) is 19.2. The first-order chi connectivity index (χ1) is 28.9. The predicted molar refractivity (Wildman–Crippen MR) is 240 cm³/mol. The van der Waals surface area contributed by atoms with Crippen LogP contribution in [0.4, 0.5) is 4.79 Å². The summed E-state index contributed by atoms with van der Waals surface area (Å²) in [7, 11) is 8.77. The van der Waals surface area contributed by atoms with Gasteiger partial charge in [0.05, 0.1) is 36.8 Å². The highest BCUT2D eigenvalue weighted by molar-refractivity contribution is 5.90. The lowest BCUT2D eigenvalue weighted by atomic mass is 9.83. The molecule has 0 saturated carbocycles. The van der Waals surface area contributed by atoms with Gasteiger partial charge in [-0.15, -0.1) is 0 Å².